The van der Waals surface area contributed by atoms with Crippen LogP contribution in [0.15, 0.2) is 102 Å². The predicted octanol–water partition coefficient (Wildman–Crippen LogP) is 5.68. The Morgan fingerprint density at radius 3 is 2.09 bits per heavy atom. The third-order valence-corrected chi connectivity index (χ3v) is 5.10. The molecular weight excluding hydrogens is 396 g/mol. The quantitative estimate of drug-likeness (QED) is 0.228. The number of esters is 1. The number of pyridine rings is 1. The van der Waals surface area contributed by atoms with Crippen molar-refractivity contribution in [1.29, 1.82) is 0 Å². The van der Waals surface area contributed by atoms with Gasteiger partial charge in [0.15, 0.2) is 0 Å². The van der Waals surface area contributed by atoms with Crippen LogP contribution in [0.1, 0.15) is 28.5 Å². The van der Waals surface area contributed by atoms with Crippen molar-refractivity contribution in [3.05, 3.63) is 114 Å². The van der Waals surface area contributed by atoms with E-state index in [0.29, 0.717) is 5.69 Å². The molecule has 158 valence electrons. The molecule has 0 spiro atoms. The van der Waals surface area contributed by atoms with Crippen molar-refractivity contribution in [2.75, 3.05) is 6.61 Å². The third-order valence-electron chi connectivity index (χ3n) is 5.10. The smallest absolute Gasteiger partial charge is 0.406 e. The van der Waals surface area contributed by atoms with Crippen molar-refractivity contribution in [2.45, 2.75) is 13.8 Å². The lowest BCUT2D eigenvalue weighted by molar-refractivity contribution is -0.669. The number of hydrogen-bond donors (Lipinski definition) is 0. The molecule has 0 fully saturated rings. The molecule has 0 aliphatic carbocycles. The Morgan fingerprint density at radius 1 is 0.844 bits per heavy atom. The lowest BCUT2D eigenvalue weighted by Crippen LogP contribution is -2.39. The minimum atomic E-state index is -0.413. The van der Waals surface area contributed by atoms with Gasteiger partial charge < -0.3 is 4.74 Å². The van der Waals surface area contributed by atoms with Gasteiger partial charge in [-0.25, -0.2) is 4.79 Å². The summed E-state index contributed by atoms with van der Waals surface area (Å²) in [5.41, 5.74) is 6.20. The normalized spacial score (nSPS) is 10.9. The van der Waals surface area contributed by atoms with Crippen molar-refractivity contribution in [3.8, 4) is 22.4 Å². The molecule has 0 aliphatic rings. The Morgan fingerprint density at radius 2 is 1.47 bits per heavy atom. The number of nitrogens with zero attached hydrogens (tertiary/aromatic N) is 2. The first-order valence-electron chi connectivity index (χ1n) is 10.6. The highest BCUT2D eigenvalue weighted by molar-refractivity contribution is 5.88. The highest BCUT2D eigenvalue weighted by Gasteiger charge is 2.28. The van der Waals surface area contributed by atoms with E-state index in [1.54, 1.807) is 17.8 Å². The first-order chi connectivity index (χ1) is 15.7. The van der Waals surface area contributed by atoms with Gasteiger partial charge in [-0.05, 0) is 52.4 Å². The van der Waals surface area contributed by atoms with E-state index in [1.165, 1.54) is 5.56 Å². The molecular formula is C28H25N2O2+. The molecule has 0 radical (unpaired) electrons. The summed E-state index contributed by atoms with van der Waals surface area (Å²) in [7, 11) is 0. The number of aromatic nitrogens is 1. The van der Waals surface area contributed by atoms with Crippen LogP contribution in [0.3, 0.4) is 0 Å². The van der Waals surface area contributed by atoms with Crippen LogP contribution < -0.4 is 4.68 Å². The summed E-state index contributed by atoms with van der Waals surface area (Å²) < 4.78 is 7.05. The molecule has 1 aromatic heterocycles. The lowest BCUT2D eigenvalue weighted by atomic mass is 10.0. The molecule has 32 heavy (non-hydrogen) atoms. The third kappa shape index (κ3) is 4.81. The summed E-state index contributed by atoms with van der Waals surface area (Å²) in [5.74, 6) is -0.413. The van der Waals surface area contributed by atoms with E-state index in [1.807, 2.05) is 97.9 Å². The van der Waals surface area contributed by atoms with Crippen molar-refractivity contribution in [1.82, 2.24) is 0 Å². The minimum absolute atomic E-state index is 0.288. The Balaban J connectivity index is 1.93. The molecule has 0 saturated heterocycles. The topological polar surface area (TPSA) is 42.5 Å². The second-order valence-electron chi connectivity index (χ2n) is 7.43. The number of hydrogen-bond acceptors (Lipinski definition) is 3. The summed E-state index contributed by atoms with van der Waals surface area (Å²) in [6.07, 6.45) is 1.76. The maximum absolute atomic E-state index is 13.0. The fourth-order valence-corrected chi connectivity index (χ4v) is 3.45. The molecule has 3 aromatic carbocycles. The lowest BCUT2D eigenvalue weighted by Gasteiger charge is -2.08. The van der Waals surface area contributed by atoms with Gasteiger partial charge in [-0.1, -0.05) is 78.4 Å². The standard InChI is InChI=1S/C28H25N2O2/c1-3-32-28(31)27-19-25(23-10-6-4-7-11-23)18-26(24-12-8-5-9-13-24)30(27)29-20-22-16-14-21(2)15-17-22/h4-20H,3H2,1-2H3/q+1. The van der Waals surface area contributed by atoms with Gasteiger partial charge >= 0.3 is 11.7 Å². The van der Waals surface area contributed by atoms with Gasteiger partial charge in [-0.3, -0.25) is 0 Å². The highest BCUT2D eigenvalue weighted by Crippen LogP contribution is 2.25. The first-order valence-corrected chi connectivity index (χ1v) is 10.6. The van der Waals surface area contributed by atoms with Crippen LogP contribution in [0.25, 0.3) is 22.4 Å². The molecule has 0 N–H and O–H groups in total. The minimum Gasteiger partial charge on any atom is -0.458 e. The van der Waals surface area contributed by atoms with Crippen LogP contribution in [0.5, 0.6) is 0 Å². The molecule has 0 atom stereocenters. The van der Waals surface area contributed by atoms with E-state index in [4.69, 9.17) is 9.84 Å². The summed E-state index contributed by atoms with van der Waals surface area (Å²) in [5, 5.41) is 4.71. The average molecular weight is 422 g/mol. The number of carbonyl (C=O) groups is 1. The fourth-order valence-electron chi connectivity index (χ4n) is 3.45. The maximum atomic E-state index is 13.0. The zero-order valence-electron chi connectivity index (χ0n) is 18.2. The number of ether oxygens (including phenoxy) is 1. The molecule has 4 aromatic rings. The van der Waals surface area contributed by atoms with Gasteiger partial charge in [0.05, 0.1) is 6.61 Å². The van der Waals surface area contributed by atoms with Crippen LogP contribution in [0.4, 0.5) is 0 Å². The van der Waals surface area contributed by atoms with Crippen LogP contribution >= 0.6 is 0 Å². The van der Waals surface area contributed by atoms with Crippen LogP contribution in [0.2, 0.25) is 0 Å². The largest absolute Gasteiger partial charge is 0.458 e. The zero-order chi connectivity index (χ0) is 22.3. The summed E-state index contributed by atoms with van der Waals surface area (Å²) in [6, 6.07) is 31.9. The first kappa shape index (κ1) is 21.2. The summed E-state index contributed by atoms with van der Waals surface area (Å²) >= 11 is 0. The molecule has 0 amide bonds. The second kappa shape index (κ2) is 9.84. The average Bonchev–Trinajstić information content (AvgIpc) is 2.84. The summed E-state index contributed by atoms with van der Waals surface area (Å²) in [6.45, 7) is 4.14. The van der Waals surface area contributed by atoms with Crippen LogP contribution in [-0.2, 0) is 4.74 Å². The van der Waals surface area contributed by atoms with E-state index in [0.717, 1.165) is 27.9 Å². The fraction of sp³-hybridized carbons (Fsp3) is 0.107. The van der Waals surface area contributed by atoms with Gasteiger partial charge in [0.1, 0.15) is 6.21 Å². The molecule has 0 aliphatic heterocycles. The van der Waals surface area contributed by atoms with Gasteiger partial charge in [-0.2, -0.15) is 0 Å². The van der Waals surface area contributed by atoms with E-state index in [2.05, 4.69) is 6.07 Å². The Labute approximate surface area is 188 Å². The number of rotatable bonds is 6. The predicted molar refractivity (Wildman–Crippen MR) is 128 cm³/mol. The molecule has 0 saturated carbocycles. The van der Waals surface area contributed by atoms with Crippen molar-refractivity contribution >= 4 is 12.2 Å². The van der Waals surface area contributed by atoms with Crippen molar-refractivity contribution < 1.29 is 14.2 Å². The van der Waals surface area contributed by atoms with Crippen molar-refractivity contribution in [2.24, 2.45) is 5.10 Å². The molecule has 0 unspecified atom stereocenters. The van der Waals surface area contributed by atoms with Gasteiger partial charge in [0.2, 0.25) is 5.69 Å². The van der Waals surface area contributed by atoms with E-state index < -0.39 is 5.97 Å². The Bertz CT molecular complexity index is 1230. The van der Waals surface area contributed by atoms with E-state index in [-0.39, 0.29) is 6.61 Å². The molecule has 1 heterocycles. The Kier molecular flexibility index (Phi) is 6.52. The van der Waals surface area contributed by atoms with Gasteiger partial charge in [0.25, 0.3) is 0 Å². The van der Waals surface area contributed by atoms with Crippen molar-refractivity contribution in [3.63, 3.8) is 0 Å². The number of carbonyl (C=O) groups excluding carboxylic acids is 1. The molecule has 0 bridgehead atoms. The number of aryl methyl sites for hydroxylation is 1. The maximum Gasteiger partial charge on any atom is 0.406 e. The molecule has 4 rings (SSSR count). The van der Waals surface area contributed by atoms with Gasteiger partial charge in [-0.15, -0.1) is 0 Å². The van der Waals surface area contributed by atoms with Crippen LogP contribution in [0, 0.1) is 6.92 Å². The van der Waals surface area contributed by atoms with E-state index in [9.17, 15) is 4.79 Å². The highest BCUT2D eigenvalue weighted by atomic mass is 16.5. The Hall–Kier alpha value is -4.05. The second-order valence-corrected chi connectivity index (χ2v) is 7.43. The molecule has 4 heteroatoms. The van der Waals surface area contributed by atoms with E-state index >= 15 is 0 Å². The van der Waals surface area contributed by atoms with Crippen LogP contribution in [-0.4, -0.2) is 18.8 Å². The SMILES string of the molecule is CCOC(=O)c1cc(-c2ccccc2)cc(-c2ccccc2)[n+]1N=Cc1ccc(C)cc1. The zero-order valence-corrected chi connectivity index (χ0v) is 18.2. The summed E-state index contributed by atoms with van der Waals surface area (Å²) in [4.78, 5) is 13.0. The number of benzene rings is 3. The monoisotopic (exact) mass is 421 g/mol. The van der Waals surface area contributed by atoms with Gasteiger partial charge in [0, 0.05) is 17.7 Å². The molecule has 4 nitrogen and oxygen atoms in total.